The third-order valence-corrected chi connectivity index (χ3v) is 17.3. The van der Waals surface area contributed by atoms with E-state index in [0.29, 0.717) is 0 Å². The number of rotatable bonds is 7. The van der Waals surface area contributed by atoms with Gasteiger partial charge in [-0.15, -0.1) is 11.3 Å². The highest BCUT2D eigenvalue weighted by Gasteiger charge is 2.38. The van der Waals surface area contributed by atoms with Crippen molar-refractivity contribution >= 4 is 59.3 Å². The highest BCUT2D eigenvalue weighted by atomic mass is 32.1. The molecule has 1 heterocycles. The Balaban J connectivity index is 0.955. The number of hydrogen-bond donors (Lipinski definition) is 0. The van der Waals surface area contributed by atoms with E-state index in [9.17, 15) is 0 Å². The molecule has 0 saturated carbocycles. The van der Waals surface area contributed by atoms with Gasteiger partial charge in [-0.3, -0.25) is 0 Å². The van der Waals surface area contributed by atoms with Crippen LogP contribution < -0.4 is 4.90 Å². The first-order valence-corrected chi connectivity index (χ1v) is 26.1. The second-order valence-electron chi connectivity index (χ2n) is 20.7. The Kier molecular flexibility index (Phi) is 9.53. The van der Waals surface area contributed by atoms with Gasteiger partial charge in [0.15, 0.2) is 0 Å². The lowest BCUT2D eigenvalue weighted by Crippen LogP contribution is -2.16. The summed E-state index contributed by atoms with van der Waals surface area (Å²) in [6.07, 6.45) is 0. The molecule has 2 heteroatoms. The topological polar surface area (TPSA) is 3.24 Å². The van der Waals surface area contributed by atoms with E-state index in [1.54, 1.807) is 0 Å². The van der Waals surface area contributed by atoms with Crippen LogP contribution in [0.5, 0.6) is 0 Å². The first-order chi connectivity index (χ1) is 35.3. The van der Waals surface area contributed by atoms with E-state index in [4.69, 9.17) is 0 Å². The van der Waals surface area contributed by atoms with E-state index in [-0.39, 0.29) is 10.8 Å². The summed E-state index contributed by atoms with van der Waals surface area (Å²) in [6, 6.07) is 88.5. The minimum atomic E-state index is -0.132. The van der Waals surface area contributed by atoms with Gasteiger partial charge in [-0.05, 0) is 125 Å². The van der Waals surface area contributed by atoms with Crippen molar-refractivity contribution in [2.75, 3.05) is 4.90 Å². The monoisotopic (exact) mass is 937 g/mol. The molecule has 1 aromatic heterocycles. The maximum Gasteiger partial charge on any atom is 0.0540 e. The maximum absolute atomic E-state index is 2.51. The van der Waals surface area contributed by atoms with Crippen molar-refractivity contribution in [2.45, 2.75) is 38.5 Å². The van der Waals surface area contributed by atoms with E-state index in [2.05, 4.69) is 269 Å². The predicted octanol–water partition coefficient (Wildman–Crippen LogP) is 20.0. The molecule has 0 saturated heterocycles. The van der Waals surface area contributed by atoms with Crippen LogP contribution in [0.25, 0.3) is 97.7 Å². The Morgan fingerprint density at radius 1 is 0.333 bits per heavy atom. The summed E-state index contributed by atoms with van der Waals surface area (Å²) in [4.78, 5) is 2.51. The van der Waals surface area contributed by atoms with Gasteiger partial charge in [0.1, 0.15) is 0 Å². The van der Waals surface area contributed by atoms with Crippen molar-refractivity contribution in [3.05, 3.63) is 259 Å². The molecule has 2 aliphatic carbocycles. The number of nitrogens with zero attached hydrogens (tertiary/aromatic N) is 1. The van der Waals surface area contributed by atoms with E-state index in [0.717, 1.165) is 17.1 Å². The van der Waals surface area contributed by atoms with E-state index in [1.165, 1.54) is 120 Å². The highest BCUT2D eigenvalue weighted by Crippen LogP contribution is 2.55. The van der Waals surface area contributed by atoms with Crippen molar-refractivity contribution < 1.29 is 0 Å². The molecule has 0 amide bonds. The van der Waals surface area contributed by atoms with Gasteiger partial charge in [-0.1, -0.05) is 228 Å². The SMILES string of the molecule is CC1(C)c2ccccc2-c2ccc(-c3ccccc3N(c3ccc(-c4ccccc4-c4cccc5c4C(C)(C)c4ccccc4-5)cc3)c3ccccc3-c3cccc4sc5c6ccccc6ccc5c34)cc21. The minimum absolute atomic E-state index is 0.123. The minimum Gasteiger partial charge on any atom is -0.309 e. The molecule has 0 atom stereocenters. The van der Waals surface area contributed by atoms with Crippen LogP contribution in [0, 0.1) is 0 Å². The van der Waals surface area contributed by atoms with Crippen LogP contribution in [0.3, 0.4) is 0 Å². The second-order valence-corrected chi connectivity index (χ2v) is 21.8. The predicted molar refractivity (Wildman–Crippen MR) is 308 cm³/mol. The van der Waals surface area contributed by atoms with Crippen molar-refractivity contribution in [3.8, 4) is 66.8 Å². The average molecular weight is 938 g/mol. The van der Waals surface area contributed by atoms with Crippen LogP contribution in [0.4, 0.5) is 17.1 Å². The molecular weight excluding hydrogens is 887 g/mol. The Morgan fingerprint density at radius 2 is 0.861 bits per heavy atom. The smallest absolute Gasteiger partial charge is 0.0540 e. The summed E-state index contributed by atoms with van der Waals surface area (Å²) in [6.45, 7) is 9.51. The molecule has 0 aliphatic heterocycles. The lowest BCUT2D eigenvalue weighted by molar-refractivity contribution is 0.660. The average Bonchev–Trinajstić information content (AvgIpc) is 4.02. The van der Waals surface area contributed by atoms with Gasteiger partial charge in [0.05, 0.1) is 11.4 Å². The van der Waals surface area contributed by atoms with Crippen molar-refractivity contribution in [1.82, 2.24) is 0 Å². The molecule has 2 aliphatic rings. The van der Waals surface area contributed by atoms with E-state index >= 15 is 0 Å². The third-order valence-electron chi connectivity index (χ3n) is 16.1. The molecular formula is C70H51NS. The summed E-state index contributed by atoms with van der Waals surface area (Å²) in [5.41, 5.74) is 23.7. The van der Waals surface area contributed by atoms with Crippen LogP contribution in [0.1, 0.15) is 49.9 Å². The van der Waals surface area contributed by atoms with Crippen molar-refractivity contribution in [1.29, 1.82) is 0 Å². The zero-order valence-corrected chi connectivity index (χ0v) is 41.7. The summed E-state index contributed by atoms with van der Waals surface area (Å²) in [5, 5.41) is 5.18. The lowest BCUT2D eigenvalue weighted by Gasteiger charge is -2.30. The fraction of sp³-hybridized carbons (Fsp3) is 0.0857. The molecule has 0 spiro atoms. The number of para-hydroxylation sites is 2. The summed E-state index contributed by atoms with van der Waals surface area (Å²) < 4.78 is 2.63. The first-order valence-electron chi connectivity index (χ1n) is 25.3. The van der Waals surface area contributed by atoms with Gasteiger partial charge in [-0.2, -0.15) is 0 Å². The van der Waals surface area contributed by atoms with Gasteiger partial charge >= 0.3 is 0 Å². The van der Waals surface area contributed by atoms with Gasteiger partial charge < -0.3 is 4.90 Å². The Bertz CT molecular complexity index is 4170. The van der Waals surface area contributed by atoms with Crippen molar-refractivity contribution in [3.63, 3.8) is 0 Å². The Hall–Kier alpha value is -8.30. The highest BCUT2D eigenvalue weighted by molar-refractivity contribution is 7.26. The zero-order valence-electron chi connectivity index (χ0n) is 40.9. The molecule has 72 heavy (non-hydrogen) atoms. The summed E-state index contributed by atoms with van der Waals surface area (Å²) in [5.74, 6) is 0. The van der Waals surface area contributed by atoms with Gasteiger partial charge in [0.2, 0.25) is 0 Å². The number of benzene rings is 11. The van der Waals surface area contributed by atoms with E-state index in [1.807, 2.05) is 11.3 Å². The first kappa shape index (κ1) is 42.6. The van der Waals surface area contributed by atoms with E-state index < -0.39 is 0 Å². The van der Waals surface area contributed by atoms with Gasteiger partial charge in [0.25, 0.3) is 0 Å². The largest absolute Gasteiger partial charge is 0.309 e. The van der Waals surface area contributed by atoms with Gasteiger partial charge in [-0.25, -0.2) is 0 Å². The third kappa shape index (κ3) is 6.32. The molecule has 0 unspecified atom stereocenters. The summed E-state index contributed by atoms with van der Waals surface area (Å²) in [7, 11) is 0. The maximum atomic E-state index is 2.51. The number of anilines is 3. The molecule has 0 fully saturated rings. The van der Waals surface area contributed by atoms with Crippen LogP contribution in [0.2, 0.25) is 0 Å². The molecule has 12 aromatic rings. The zero-order chi connectivity index (χ0) is 48.3. The molecule has 11 aromatic carbocycles. The molecule has 342 valence electrons. The van der Waals surface area contributed by atoms with Crippen LogP contribution in [-0.4, -0.2) is 0 Å². The number of fused-ring (bicyclic) bond motifs is 11. The molecule has 0 N–H and O–H groups in total. The van der Waals surface area contributed by atoms with Gasteiger partial charge in [0, 0.05) is 47.8 Å². The standard InChI is InChI=1S/C70H51NS/c1-69(2)60-30-13-9-24-52(60)54-41-38-46(43-62(54)69)49-21-11-15-32-63(49)71(64-33-16-12-26-55(64)56-27-18-34-65-66(56)59-42-37-44-19-5-6-22-50(44)68(59)72-65)47-39-35-45(36-40-47)48-20-7-8-23-51(48)57-28-17-29-58-53-25-10-14-31-61(53)70(3,4)67(57)58/h5-43H,1-4H3. The lowest BCUT2D eigenvalue weighted by atomic mass is 9.78. The number of hydrogen-bond acceptors (Lipinski definition) is 2. The Morgan fingerprint density at radius 3 is 1.62 bits per heavy atom. The Labute approximate surface area is 426 Å². The normalized spacial score (nSPS) is 13.8. The van der Waals surface area contributed by atoms with Crippen LogP contribution in [0.15, 0.2) is 237 Å². The second kappa shape index (κ2) is 16.1. The molecule has 14 rings (SSSR count). The molecule has 0 radical (unpaired) electrons. The van der Waals surface area contributed by atoms with Crippen molar-refractivity contribution in [2.24, 2.45) is 0 Å². The fourth-order valence-electron chi connectivity index (χ4n) is 12.7. The summed E-state index contributed by atoms with van der Waals surface area (Å²) >= 11 is 1.90. The molecule has 0 bridgehead atoms. The van der Waals surface area contributed by atoms with Crippen LogP contribution >= 0.6 is 11.3 Å². The van der Waals surface area contributed by atoms with Crippen LogP contribution in [-0.2, 0) is 10.8 Å². The number of thiophene rings is 1. The fourth-order valence-corrected chi connectivity index (χ4v) is 14.0. The quantitative estimate of drug-likeness (QED) is 0.154. The molecule has 1 nitrogen and oxygen atoms in total.